The molecule has 0 saturated carbocycles. The summed E-state index contributed by atoms with van der Waals surface area (Å²) in [5.74, 6) is 3.77. The number of hydrogen-bond acceptors (Lipinski definition) is 5. The zero-order valence-corrected chi connectivity index (χ0v) is 16.7. The van der Waals surface area contributed by atoms with Crippen molar-refractivity contribution in [3.05, 3.63) is 46.8 Å². The molecule has 0 N–H and O–H groups in total. The van der Waals surface area contributed by atoms with Gasteiger partial charge in [0.1, 0.15) is 5.75 Å². The highest BCUT2D eigenvalue weighted by Gasteiger charge is 2.17. The van der Waals surface area contributed by atoms with Crippen molar-refractivity contribution in [2.45, 2.75) is 13.5 Å². The Hall–Kier alpha value is -3.24. The number of amides is 1. The number of aromatic nitrogens is 1. The second-order valence-electron chi connectivity index (χ2n) is 5.70. The highest BCUT2D eigenvalue weighted by molar-refractivity contribution is 7.16. The summed E-state index contributed by atoms with van der Waals surface area (Å²) >= 11 is 1.38. The van der Waals surface area contributed by atoms with Crippen LogP contribution in [-0.4, -0.2) is 31.3 Å². The fourth-order valence-corrected chi connectivity index (χ4v) is 3.90. The molecule has 1 heterocycles. The van der Waals surface area contributed by atoms with Gasteiger partial charge in [-0.15, -0.1) is 6.42 Å². The molecule has 0 saturated heterocycles. The monoisotopic (exact) mass is 396 g/mol. The summed E-state index contributed by atoms with van der Waals surface area (Å²) in [6.07, 6.45) is 5.53. The average molecular weight is 396 g/mol. The molecule has 1 aromatic heterocycles. The second-order valence-corrected chi connectivity index (χ2v) is 6.70. The van der Waals surface area contributed by atoms with E-state index in [1.54, 1.807) is 18.2 Å². The van der Waals surface area contributed by atoms with Gasteiger partial charge in [0.25, 0.3) is 5.91 Å². The van der Waals surface area contributed by atoms with E-state index < -0.39 is 5.91 Å². The Balaban J connectivity index is 2.14. The molecule has 0 unspecified atom stereocenters. The minimum atomic E-state index is -0.432. The number of rotatable bonds is 6. The molecule has 3 rings (SSSR count). The van der Waals surface area contributed by atoms with Gasteiger partial charge in [0.15, 0.2) is 16.3 Å². The number of carbonyl (C=O) groups is 1. The predicted molar refractivity (Wildman–Crippen MR) is 109 cm³/mol. The highest BCUT2D eigenvalue weighted by atomic mass is 32.1. The van der Waals surface area contributed by atoms with Crippen LogP contribution in [0.25, 0.3) is 10.2 Å². The van der Waals surface area contributed by atoms with Crippen LogP contribution < -0.4 is 19.0 Å². The number of carbonyl (C=O) groups excluding carboxylic acids is 1. The van der Waals surface area contributed by atoms with Gasteiger partial charge in [-0.2, -0.15) is 4.99 Å². The van der Waals surface area contributed by atoms with Gasteiger partial charge in [-0.3, -0.25) is 4.79 Å². The largest absolute Gasteiger partial charge is 0.494 e. The first-order valence-electron chi connectivity index (χ1n) is 8.62. The summed E-state index contributed by atoms with van der Waals surface area (Å²) in [6.45, 7) is 2.81. The van der Waals surface area contributed by atoms with E-state index in [0.29, 0.717) is 35.0 Å². The molecular weight excluding hydrogens is 376 g/mol. The number of methoxy groups -OCH3 is 2. The van der Waals surface area contributed by atoms with Crippen LogP contribution in [0.15, 0.2) is 41.4 Å². The molecule has 144 valence electrons. The molecule has 0 bridgehead atoms. The number of hydrogen-bond donors (Lipinski definition) is 0. The van der Waals surface area contributed by atoms with E-state index in [4.69, 9.17) is 20.6 Å². The van der Waals surface area contributed by atoms with Crippen molar-refractivity contribution >= 4 is 27.5 Å². The Morgan fingerprint density at radius 1 is 1.25 bits per heavy atom. The first kappa shape index (κ1) is 19.5. The molecule has 1 amide bonds. The molecule has 28 heavy (non-hydrogen) atoms. The van der Waals surface area contributed by atoms with Gasteiger partial charge in [0.05, 0.1) is 43.2 Å². The Kier molecular flexibility index (Phi) is 6.02. The Morgan fingerprint density at radius 3 is 2.75 bits per heavy atom. The normalized spacial score (nSPS) is 11.3. The van der Waals surface area contributed by atoms with Crippen molar-refractivity contribution in [3.63, 3.8) is 0 Å². The number of para-hydroxylation sites is 1. The van der Waals surface area contributed by atoms with Gasteiger partial charge >= 0.3 is 0 Å². The molecule has 3 aromatic rings. The smallest absolute Gasteiger partial charge is 0.283 e. The maximum Gasteiger partial charge on any atom is 0.283 e. The lowest BCUT2D eigenvalue weighted by Crippen LogP contribution is -2.16. The summed E-state index contributed by atoms with van der Waals surface area (Å²) in [6, 6.07) is 10.8. The number of nitrogens with zero attached hydrogens (tertiary/aromatic N) is 2. The Labute approximate surface area is 167 Å². The van der Waals surface area contributed by atoms with Gasteiger partial charge in [-0.25, -0.2) is 0 Å². The third-order valence-corrected chi connectivity index (χ3v) is 5.09. The second kappa shape index (κ2) is 8.63. The molecule has 0 spiro atoms. The maximum atomic E-state index is 12.9. The third kappa shape index (κ3) is 3.73. The van der Waals surface area contributed by atoms with Gasteiger partial charge in [-0.1, -0.05) is 23.3 Å². The van der Waals surface area contributed by atoms with E-state index >= 15 is 0 Å². The molecule has 0 aliphatic rings. The van der Waals surface area contributed by atoms with Crippen LogP contribution in [0, 0.1) is 12.3 Å². The zero-order valence-electron chi connectivity index (χ0n) is 15.9. The van der Waals surface area contributed by atoms with Crippen LogP contribution in [-0.2, 0) is 6.54 Å². The highest BCUT2D eigenvalue weighted by Crippen LogP contribution is 2.31. The third-order valence-electron chi connectivity index (χ3n) is 4.05. The molecule has 6 nitrogen and oxygen atoms in total. The van der Waals surface area contributed by atoms with Crippen LogP contribution in [0.3, 0.4) is 0 Å². The van der Waals surface area contributed by atoms with Gasteiger partial charge in [-0.05, 0) is 37.3 Å². The summed E-state index contributed by atoms with van der Waals surface area (Å²) in [5, 5.41) is 0. The van der Waals surface area contributed by atoms with Crippen molar-refractivity contribution in [1.29, 1.82) is 0 Å². The van der Waals surface area contributed by atoms with Crippen molar-refractivity contribution in [2.24, 2.45) is 4.99 Å². The fraction of sp³-hybridized carbons (Fsp3) is 0.238. The standard InChI is InChI=1S/C21H20N2O4S/c1-5-12-23-16-11-10-14(27-6-2)13-18(16)28-21(23)22-20(24)15-8-7-9-17(25-3)19(15)26-4/h1,7-11,13H,6,12H2,2-4H3. The molecule has 0 aliphatic carbocycles. The molecule has 0 radical (unpaired) electrons. The number of thiazole rings is 1. The van der Waals surface area contributed by atoms with E-state index in [-0.39, 0.29) is 0 Å². The number of fused-ring (bicyclic) bond motifs is 1. The molecular formula is C21H20N2O4S. The van der Waals surface area contributed by atoms with Crippen LogP contribution >= 0.6 is 11.3 Å². The van der Waals surface area contributed by atoms with Crippen molar-refractivity contribution in [2.75, 3.05) is 20.8 Å². The lowest BCUT2D eigenvalue weighted by Gasteiger charge is -2.09. The number of ether oxygens (including phenoxy) is 3. The minimum Gasteiger partial charge on any atom is -0.494 e. The zero-order chi connectivity index (χ0) is 20.1. The minimum absolute atomic E-state index is 0.301. The van der Waals surface area contributed by atoms with Crippen LogP contribution in [0.4, 0.5) is 0 Å². The average Bonchev–Trinajstić information content (AvgIpc) is 3.04. The molecule has 0 aliphatic heterocycles. The lowest BCUT2D eigenvalue weighted by molar-refractivity contribution is 0.0994. The van der Waals surface area contributed by atoms with Crippen molar-refractivity contribution in [1.82, 2.24) is 4.57 Å². The van der Waals surface area contributed by atoms with Crippen molar-refractivity contribution in [3.8, 4) is 29.6 Å². The first-order valence-corrected chi connectivity index (χ1v) is 9.44. The van der Waals surface area contributed by atoms with Crippen LogP contribution in [0.2, 0.25) is 0 Å². The summed E-state index contributed by atoms with van der Waals surface area (Å²) in [5.41, 5.74) is 1.22. The summed E-state index contributed by atoms with van der Waals surface area (Å²) < 4.78 is 18.9. The topological polar surface area (TPSA) is 62.1 Å². The van der Waals surface area contributed by atoms with Gasteiger partial charge in [0.2, 0.25) is 0 Å². The lowest BCUT2D eigenvalue weighted by atomic mass is 10.2. The Morgan fingerprint density at radius 2 is 2.07 bits per heavy atom. The van der Waals surface area contributed by atoms with E-state index in [9.17, 15) is 4.79 Å². The van der Waals surface area contributed by atoms with E-state index in [0.717, 1.165) is 16.0 Å². The number of benzene rings is 2. The summed E-state index contributed by atoms with van der Waals surface area (Å²) in [7, 11) is 3.01. The Bertz CT molecular complexity index is 1120. The van der Waals surface area contributed by atoms with Crippen molar-refractivity contribution < 1.29 is 19.0 Å². The first-order chi connectivity index (χ1) is 13.6. The van der Waals surface area contributed by atoms with Gasteiger partial charge < -0.3 is 18.8 Å². The molecule has 0 fully saturated rings. The maximum absolute atomic E-state index is 12.9. The molecule has 0 atom stereocenters. The number of terminal acetylenes is 1. The fourth-order valence-electron chi connectivity index (χ4n) is 2.84. The van der Waals surface area contributed by atoms with Crippen LogP contribution in [0.5, 0.6) is 17.2 Å². The predicted octanol–water partition coefficient (Wildman–Crippen LogP) is 3.49. The summed E-state index contributed by atoms with van der Waals surface area (Å²) in [4.78, 5) is 17.7. The van der Waals surface area contributed by atoms with Gasteiger partial charge in [0, 0.05) is 0 Å². The quantitative estimate of drug-likeness (QED) is 0.599. The van der Waals surface area contributed by atoms with E-state index in [2.05, 4.69) is 10.9 Å². The molecule has 2 aromatic carbocycles. The van der Waals surface area contributed by atoms with E-state index in [1.165, 1.54) is 25.6 Å². The van der Waals surface area contributed by atoms with Crippen LogP contribution in [0.1, 0.15) is 17.3 Å². The molecule has 7 heteroatoms. The SMILES string of the molecule is C#CCn1c(=NC(=O)c2cccc(OC)c2OC)sc2cc(OCC)ccc21. The van der Waals surface area contributed by atoms with E-state index in [1.807, 2.05) is 29.7 Å².